The van der Waals surface area contributed by atoms with Crippen LogP contribution in [0.5, 0.6) is 0 Å². The van der Waals surface area contributed by atoms with Gasteiger partial charge in [-0.15, -0.1) is 0 Å². The summed E-state index contributed by atoms with van der Waals surface area (Å²) >= 11 is 9.51. The molecule has 100 valence electrons. The van der Waals surface area contributed by atoms with Crippen LogP contribution in [0.15, 0.2) is 16.7 Å². The van der Waals surface area contributed by atoms with Crippen LogP contribution in [0, 0.1) is 0 Å². The van der Waals surface area contributed by atoms with Crippen molar-refractivity contribution in [2.24, 2.45) is 0 Å². The normalized spacial score (nSPS) is 25.3. The second-order valence-electron chi connectivity index (χ2n) is 5.04. The lowest BCUT2D eigenvalue weighted by Crippen LogP contribution is -2.45. The fourth-order valence-electron chi connectivity index (χ4n) is 2.32. The lowest BCUT2D eigenvalue weighted by molar-refractivity contribution is 0.168. The molecule has 2 unspecified atom stereocenters. The van der Waals surface area contributed by atoms with Gasteiger partial charge >= 0.3 is 0 Å². The van der Waals surface area contributed by atoms with Crippen molar-refractivity contribution < 1.29 is 0 Å². The summed E-state index contributed by atoms with van der Waals surface area (Å²) in [6.07, 6.45) is 4.11. The summed E-state index contributed by atoms with van der Waals surface area (Å²) in [7, 11) is 2.19. The Kier molecular flexibility index (Phi) is 5.01. The highest BCUT2D eigenvalue weighted by Gasteiger charge is 2.22. The number of likely N-dealkylation sites (tertiary alicyclic amines) is 1. The van der Waals surface area contributed by atoms with Gasteiger partial charge in [0.25, 0.3) is 0 Å². The monoisotopic (exact) mass is 331 g/mol. The van der Waals surface area contributed by atoms with Crippen molar-refractivity contribution in [1.82, 2.24) is 15.2 Å². The van der Waals surface area contributed by atoms with Crippen molar-refractivity contribution in [2.75, 3.05) is 13.6 Å². The topological polar surface area (TPSA) is 28.2 Å². The molecule has 1 N–H and O–H groups in total. The molecule has 0 saturated carbocycles. The molecule has 0 aromatic carbocycles. The molecule has 1 saturated heterocycles. The van der Waals surface area contributed by atoms with Crippen LogP contribution in [0.3, 0.4) is 0 Å². The third-order valence-electron chi connectivity index (χ3n) is 3.67. The van der Waals surface area contributed by atoms with Gasteiger partial charge in [-0.05, 0) is 55.4 Å². The van der Waals surface area contributed by atoms with E-state index in [-0.39, 0.29) is 0 Å². The zero-order valence-electron chi connectivity index (χ0n) is 10.8. The van der Waals surface area contributed by atoms with E-state index in [9.17, 15) is 0 Å². The van der Waals surface area contributed by atoms with E-state index in [1.807, 2.05) is 6.07 Å². The van der Waals surface area contributed by atoms with Crippen LogP contribution in [-0.2, 0) is 6.54 Å². The molecule has 0 radical (unpaired) electrons. The predicted molar refractivity (Wildman–Crippen MR) is 78.9 cm³/mol. The van der Waals surface area contributed by atoms with E-state index in [2.05, 4.69) is 45.1 Å². The molecule has 3 nitrogen and oxygen atoms in total. The summed E-state index contributed by atoms with van der Waals surface area (Å²) in [6, 6.07) is 3.25. The van der Waals surface area contributed by atoms with E-state index in [0.717, 1.165) is 23.1 Å². The van der Waals surface area contributed by atoms with Gasteiger partial charge in [0, 0.05) is 34.9 Å². The van der Waals surface area contributed by atoms with Crippen LogP contribution in [0.4, 0.5) is 0 Å². The van der Waals surface area contributed by atoms with Crippen molar-refractivity contribution in [3.63, 3.8) is 0 Å². The second-order valence-corrected chi connectivity index (χ2v) is 6.31. The number of nitrogens with zero attached hydrogens (tertiary/aromatic N) is 2. The van der Waals surface area contributed by atoms with E-state index in [1.165, 1.54) is 12.8 Å². The quantitative estimate of drug-likeness (QED) is 0.862. The summed E-state index contributed by atoms with van der Waals surface area (Å²) in [5.74, 6) is 0. The maximum atomic E-state index is 6.09. The minimum atomic E-state index is 0.575. The SMILES string of the molecule is CC1CC(NCc2cc(Br)cnc2Cl)CCN1C. The molecule has 18 heavy (non-hydrogen) atoms. The van der Waals surface area contributed by atoms with E-state index in [4.69, 9.17) is 11.6 Å². The Labute approximate surface area is 122 Å². The Balaban J connectivity index is 1.90. The summed E-state index contributed by atoms with van der Waals surface area (Å²) in [5, 5.41) is 4.17. The van der Waals surface area contributed by atoms with Crippen LogP contribution >= 0.6 is 27.5 Å². The lowest BCUT2D eigenvalue weighted by Gasteiger charge is -2.35. The number of halogens is 2. The molecule has 1 aromatic heterocycles. The Morgan fingerprint density at radius 3 is 3.11 bits per heavy atom. The Morgan fingerprint density at radius 1 is 1.61 bits per heavy atom. The standard InChI is InChI=1S/C13H19BrClN3/c1-9-5-12(3-4-18(9)2)16-7-10-6-11(14)8-17-13(10)15/h6,8-9,12,16H,3-5,7H2,1-2H3. The zero-order valence-corrected chi connectivity index (χ0v) is 13.1. The highest BCUT2D eigenvalue weighted by atomic mass is 79.9. The lowest BCUT2D eigenvalue weighted by atomic mass is 9.99. The Bertz CT molecular complexity index is 413. The van der Waals surface area contributed by atoms with E-state index in [0.29, 0.717) is 17.2 Å². The first-order valence-corrected chi connectivity index (χ1v) is 7.47. The highest BCUT2D eigenvalue weighted by molar-refractivity contribution is 9.10. The summed E-state index contributed by atoms with van der Waals surface area (Å²) in [5.41, 5.74) is 1.05. The van der Waals surface area contributed by atoms with Crippen LogP contribution in [0.2, 0.25) is 5.15 Å². The molecular formula is C13H19BrClN3. The van der Waals surface area contributed by atoms with Crippen LogP contribution in [0.25, 0.3) is 0 Å². The first-order chi connectivity index (χ1) is 8.56. The number of piperidine rings is 1. The van der Waals surface area contributed by atoms with Crippen LogP contribution < -0.4 is 5.32 Å². The van der Waals surface area contributed by atoms with Gasteiger partial charge in [0.1, 0.15) is 5.15 Å². The molecule has 5 heteroatoms. The van der Waals surface area contributed by atoms with Crippen molar-refractivity contribution >= 4 is 27.5 Å². The molecule has 0 spiro atoms. The van der Waals surface area contributed by atoms with E-state index in [1.54, 1.807) is 6.20 Å². The van der Waals surface area contributed by atoms with Gasteiger partial charge in [-0.1, -0.05) is 11.6 Å². The number of hydrogen-bond donors (Lipinski definition) is 1. The van der Waals surface area contributed by atoms with Crippen molar-refractivity contribution in [3.05, 3.63) is 27.5 Å². The second kappa shape index (κ2) is 6.33. The van der Waals surface area contributed by atoms with Gasteiger partial charge < -0.3 is 10.2 Å². The van der Waals surface area contributed by atoms with Gasteiger partial charge in [-0.25, -0.2) is 4.98 Å². The molecular weight excluding hydrogens is 314 g/mol. The average Bonchev–Trinajstić information content (AvgIpc) is 2.34. The van der Waals surface area contributed by atoms with Crippen LogP contribution in [0.1, 0.15) is 25.3 Å². The van der Waals surface area contributed by atoms with Crippen molar-refractivity contribution in [3.8, 4) is 0 Å². The predicted octanol–water partition coefficient (Wildman–Crippen LogP) is 3.07. The minimum Gasteiger partial charge on any atom is -0.310 e. The minimum absolute atomic E-state index is 0.575. The Hall–Kier alpha value is -0.160. The first kappa shape index (κ1) is 14.3. The largest absolute Gasteiger partial charge is 0.310 e. The third kappa shape index (κ3) is 3.67. The molecule has 1 aromatic rings. The van der Waals surface area contributed by atoms with Gasteiger partial charge in [-0.3, -0.25) is 0 Å². The maximum absolute atomic E-state index is 6.09. The molecule has 2 heterocycles. The molecule has 2 rings (SSSR count). The number of aromatic nitrogens is 1. The molecule has 0 bridgehead atoms. The zero-order chi connectivity index (χ0) is 13.1. The average molecular weight is 333 g/mol. The number of pyridine rings is 1. The highest BCUT2D eigenvalue weighted by Crippen LogP contribution is 2.20. The molecule has 1 aliphatic heterocycles. The van der Waals surface area contributed by atoms with Gasteiger partial charge in [0.15, 0.2) is 0 Å². The van der Waals surface area contributed by atoms with Gasteiger partial charge in [0.2, 0.25) is 0 Å². The number of hydrogen-bond acceptors (Lipinski definition) is 3. The smallest absolute Gasteiger partial charge is 0.133 e. The van der Waals surface area contributed by atoms with Crippen molar-refractivity contribution in [1.29, 1.82) is 0 Å². The summed E-state index contributed by atoms with van der Waals surface area (Å²) in [4.78, 5) is 6.55. The van der Waals surface area contributed by atoms with Gasteiger partial charge in [0.05, 0.1) is 0 Å². The summed E-state index contributed by atoms with van der Waals surface area (Å²) in [6.45, 7) is 4.22. The number of nitrogens with one attached hydrogen (secondary N) is 1. The number of rotatable bonds is 3. The van der Waals surface area contributed by atoms with Crippen molar-refractivity contribution in [2.45, 2.75) is 38.4 Å². The fourth-order valence-corrected chi connectivity index (χ4v) is 2.87. The van der Waals surface area contributed by atoms with E-state index >= 15 is 0 Å². The molecule has 1 fully saturated rings. The third-order valence-corrected chi connectivity index (χ3v) is 4.44. The molecule has 1 aliphatic rings. The van der Waals surface area contributed by atoms with Crippen LogP contribution in [-0.4, -0.2) is 35.6 Å². The maximum Gasteiger partial charge on any atom is 0.133 e. The summed E-state index contributed by atoms with van der Waals surface area (Å²) < 4.78 is 0.973. The first-order valence-electron chi connectivity index (χ1n) is 6.30. The van der Waals surface area contributed by atoms with E-state index < -0.39 is 0 Å². The fraction of sp³-hybridized carbons (Fsp3) is 0.615. The molecule has 0 amide bonds. The Morgan fingerprint density at radius 2 is 2.39 bits per heavy atom. The van der Waals surface area contributed by atoms with Gasteiger partial charge in [-0.2, -0.15) is 0 Å². The molecule has 2 atom stereocenters. The molecule has 0 aliphatic carbocycles.